The van der Waals surface area contributed by atoms with Crippen molar-refractivity contribution in [3.05, 3.63) is 40.0 Å². The van der Waals surface area contributed by atoms with Crippen LogP contribution < -0.4 is 0 Å². The summed E-state index contributed by atoms with van der Waals surface area (Å²) in [6, 6.07) is 7.79. The van der Waals surface area contributed by atoms with Crippen LogP contribution >= 0.6 is 15.9 Å². The van der Waals surface area contributed by atoms with Crippen molar-refractivity contribution >= 4 is 21.9 Å². The summed E-state index contributed by atoms with van der Waals surface area (Å²) in [7, 11) is 0. The smallest absolute Gasteiger partial charge is 0.327 e. The van der Waals surface area contributed by atoms with Gasteiger partial charge in [-0.25, -0.2) is 4.68 Å². The number of carbonyl (C=O) groups excluding carboxylic acids is 1. The number of aromatic nitrogens is 4. The minimum Gasteiger partial charge on any atom is -0.465 e. The Hall–Kier alpha value is -2.48. The molecule has 0 saturated carbocycles. The zero-order valence-corrected chi connectivity index (χ0v) is 15.7. The van der Waals surface area contributed by atoms with Gasteiger partial charge in [-0.05, 0) is 48.8 Å². The van der Waals surface area contributed by atoms with Crippen LogP contribution in [0, 0.1) is 13.8 Å². The van der Waals surface area contributed by atoms with Crippen molar-refractivity contribution < 1.29 is 13.9 Å². The molecule has 8 heteroatoms. The molecular formula is C17H17BrN4O3. The minimum absolute atomic E-state index is 0.0300. The van der Waals surface area contributed by atoms with Crippen LogP contribution in [0.4, 0.5) is 0 Å². The van der Waals surface area contributed by atoms with Crippen LogP contribution in [0.25, 0.3) is 23.0 Å². The number of benzene rings is 1. The maximum Gasteiger partial charge on any atom is 0.327 e. The van der Waals surface area contributed by atoms with Crippen molar-refractivity contribution in [1.82, 2.24) is 20.0 Å². The third-order valence-corrected chi connectivity index (χ3v) is 4.48. The number of hydrogen-bond donors (Lipinski definition) is 0. The molecule has 0 atom stereocenters. The van der Waals surface area contributed by atoms with Gasteiger partial charge in [-0.2, -0.15) is 5.10 Å². The lowest BCUT2D eigenvalue weighted by Gasteiger charge is -2.04. The number of rotatable bonds is 5. The average Bonchev–Trinajstić information content (AvgIpc) is 3.13. The van der Waals surface area contributed by atoms with Gasteiger partial charge in [-0.3, -0.25) is 4.79 Å². The maximum atomic E-state index is 11.8. The first-order valence-corrected chi connectivity index (χ1v) is 8.58. The summed E-state index contributed by atoms with van der Waals surface area (Å²) in [5.41, 5.74) is 3.20. The van der Waals surface area contributed by atoms with E-state index in [0.717, 1.165) is 16.8 Å². The van der Waals surface area contributed by atoms with Crippen molar-refractivity contribution in [2.45, 2.75) is 27.3 Å². The summed E-state index contributed by atoms with van der Waals surface area (Å²) in [5.74, 6) is 0.317. The summed E-state index contributed by atoms with van der Waals surface area (Å²) in [4.78, 5) is 11.8. The molecule has 2 aromatic heterocycles. The molecule has 0 spiro atoms. The molecule has 0 aliphatic rings. The number of aryl methyl sites for hydroxylation is 2. The van der Waals surface area contributed by atoms with E-state index >= 15 is 0 Å². The Labute approximate surface area is 153 Å². The molecule has 0 bridgehead atoms. The Morgan fingerprint density at radius 1 is 1.28 bits per heavy atom. The predicted molar refractivity (Wildman–Crippen MR) is 94.8 cm³/mol. The lowest BCUT2D eigenvalue weighted by molar-refractivity contribution is -0.144. The van der Waals surface area contributed by atoms with E-state index in [1.54, 1.807) is 6.92 Å². The molecule has 3 aromatic rings. The molecule has 25 heavy (non-hydrogen) atoms. The molecule has 0 fully saturated rings. The van der Waals surface area contributed by atoms with E-state index in [9.17, 15) is 4.79 Å². The molecule has 0 radical (unpaired) electrons. The topological polar surface area (TPSA) is 83.0 Å². The molecule has 0 unspecified atom stereocenters. The summed E-state index contributed by atoms with van der Waals surface area (Å²) >= 11 is 3.48. The fraction of sp³-hybridized carbons (Fsp3) is 0.294. The number of halogens is 1. The molecule has 0 saturated heterocycles. The first kappa shape index (κ1) is 17.3. The van der Waals surface area contributed by atoms with E-state index in [1.807, 2.05) is 38.1 Å². The summed E-state index contributed by atoms with van der Waals surface area (Å²) < 4.78 is 13.0. The Kier molecular flexibility index (Phi) is 4.98. The van der Waals surface area contributed by atoms with Gasteiger partial charge in [-0.1, -0.05) is 17.7 Å². The van der Waals surface area contributed by atoms with Crippen molar-refractivity contribution in [3.63, 3.8) is 0 Å². The normalized spacial score (nSPS) is 10.9. The van der Waals surface area contributed by atoms with E-state index in [-0.39, 0.29) is 18.4 Å². The number of ether oxygens (including phenoxy) is 1. The predicted octanol–water partition coefficient (Wildman–Crippen LogP) is 3.54. The Balaban J connectivity index is 1.98. The standard InChI is InChI=1S/C17H17BrN4O3/c1-4-24-13(23)9-22-15(14(18)11(3)21-22)17-20-19-16(25-17)12-7-5-6-10(2)8-12/h5-8H,4,9H2,1-3H3. The largest absolute Gasteiger partial charge is 0.465 e. The van der Waals surface area contributed by atoms with Crippen molar-refractivity contribution in [2.24, 2.45) is 0 Å². The molecule has 3 rings (SSSR count). The molecule has 0 amide bonds. The highest BCUT2D eigenvalue weighted by Gasteiger charge is 2.22. The van der Waals surface area contributed by atoms with Crippen LogP contribution in [0.2, 0.25) is 0 Å². The van der Waals surface area contributed by atoms with Crippen LogP contribution in [-0.2, 0) is 16.1 Å². The second kappa shape index (κ2) is 7.18. The third kappa shape index (κ3) is 3.63. The van der Waals surface area contributed by atoms with Gasteiger partial charge in [0.2, 0.25) is 5.89 Å². The van der Waals surface area contributed by atoms with Crippen LogP contribution in [0.5, 0.6) is 0 Å². The SMILES string of the molecule is CCOC(=O)Cn1nc(C)c(Br)c1-c1nnc(-c2cccc(C)c2)o1. The van der Waals surface area contributed by atoms with E-state index in [4.69, 9.17) is 9.15 Å². The van der Waals surface area contributed by atoms with Gasteiger partial charge in [0.05, 0.1) is 16.8 Å². The molecule has 7 nitrogen and oxygen atoms in total. The van der Waals surface area contributed by atoms with Crippen LogP contribution in [0.15, 0.2) is 33.2 Å². The van der Waals surface area contributed by atoms with Gasteiger partial charge in [0.25, 0.3) is 5.89 Å². The van der Waals surface area contributed by atoms with Gasteiger partial charge in [0.1, 0.15) is 12.2 Å². The molecule has 1 aromatic carbocycles. The monoisotopic (exact) mass is 404 g/mol. The third-order valence-electron chi connectivity index (χ3n) is 3.53. The van der Waals surface area contributed by atoms with Gasteiger partial charge in [0, 0.05) is 5.56 Å². The molecule has 0 aliphatic heterocycles. The molecule has 130 valence electrons. The van der Waals surface area contributed by atoms with Gasteiger partial charge < -0.3 is 9.15 Å². The number of nitrogens with zero attached hydrogens (tertiary/aromatic N) is 4. The number of carbonyl (C=O) groups is 1. The number of hydrogen-bond acceptors (Lipinski definition) is 6. The Morgan fingerprint density at radius 3 is 2.76 bits per heavy atom. The Morgan fingerprint density at radius 2 is 2.04 bits per heavy atom. The van der Waals surface area contributed by atoms with E-state index < -0.39 is 0 Å². The second-order valence-electron chi connectivity index (χ2n) is 5.49. The van der Waals surface area contributed by atoms with Crippen LogP contribution in [0.3, 0.4) is 0 Å². The quantitative estimate of drug-likeness (QED) is 0.604. The van der Waals surface area contributed by atoms with Crippen molar-refractivity contribution in [2.75, 3.05) is 6.61 Å². The minimum atomic E-state index is -0.378. The number of esters is 1. The maximum absolute atomic E-state index is 11.8. The van der Waals surface area contributed by atoms with Gasteiger partial charge in [-0.15, -0.1) is 10.2 Å². The summed E-state index contributed by atoms with van der Waals surface area (Å²) in [5, 5.41) is 12.6. The molecular weight excluding hydrogens is 388 g/mol. The summed E-state index contributed by atoms with van der Waals surface area (Å²) in [6.07, 6.45) is 0. The highest BCUT2D eigenvalue weighted by Crippen LogP contribution is 2.32. The fourth-order valence-corrected chi connectivity index (χ4v) is 2.87. The van der Waals surface area contributed by atoms with Gasteiger partial charge >= 0.3 is 5.97 Å². The highest BCUT2D eigenvalue weighted by molar-refractivity contribution is 9.10. The Bertz CT molecular complexity index is 917. The highest BCUT2D eigenvalue weighted by atomic mass is 79.9. The first-order valence-electron chi connectivity index (χ1n) is 7.79. The van der Waals surface area contributed by atoms with Crippen LogP contribution in [-0.4, -0.2) is 32.6 Å². The zero-order chi connectivity index (χ0) is 18.0. The lowest BCUT2D eigenvalue weighted by atomic mass is 10.1. The molecule has 0 N–H and O–H groups in total. The van der Waals surface area contributed by atoms with Crippen molar-refractivity contribution in [3.8, 4) is 23.0 Å². The fourth-order valence-electron chi connectivity index (χ4n) is 2.42. The van der Waals surface area contributed by atoms with E-state index in [2.05, 4.69) is 31.2 Å². The van der Waals surface area contributed by atoms with Gasteiger partial charge in [0.15, 0.2) is 0 Å². The van der Waals surface area contributed by atoms with Crippen molar-refractivity contribution in [1.29, 1.82) is 0 Å². The van der Waals surface area contributed by atoms with E-state index in [0.29, 0.717) is 22.7 Å². The second-order valence-corrected chi connectivity index (χ2v) is 6.29. The lowest BCUT2D eigenvalue weighted by Crippen LogP contribution is -2.15. The first-order chi connectivity index (χ1) is 12.0. The molecule has 2 heterocycles. The molecule has 0 aliphatic carbocycles. The average molecular weight is 405 g/mol. The van der Waals surface area contributed by atoms with E-state index in [1.165, 1.54) is 4.68 Å². The van der Waals surface area contributed by atoms with Crippen LogP contribution in [0.1, 0.15) is 18.2 Å². The zero-order valence-electron chi connectivity index (χ0n) is 14.1. The summed E-state index contributed by atoms with van der Waals surface area (Å²) in [6.45, 7) is 5.86.